The Balaban J connectivity index is 2.10. The van der Waals surface area contributed by atoms with Crippen LogP contribution in [0.4, 0.5) is 26.3 Å². The number of hydrogen-bond acceptors (Lipinski definition) is 8. The van der Waals surface area contributed by atoms with E-state index in [9.17, 15) is 41.0 Å². The summed E-state index contributed by atoms with van der Waals surface area (Å²) in [4.78, 5) is 25.3. The van der Waals surface area contributed by atoms with Crippen molar-refractivity contribution in [2.24, 2.45) is 5.92 Å². The average Bonchev–Trinajstić information content (AvgIpc) is 2.98. The molecule has 10 nitrogen and oxygen atoms in total. The number of ether oxygens (including phenoxy) is 4. The molecule has 2 N–H and O–H groups in total. The Kier molecular flexibility index (Phi) is 9.03. The quantitative estimate of drug-likeness (QED) is 0.279. The van der Waals surface area contributed by atoms with Crippen molar-refractivity contribution in [2.75, 3.05) is 26.6 Å². The number of rotatable bonds is 10. The van der Waals surface area contributed by atoms with Crippen molar-refractivity contribution in [2.45, 2.75) is 43.3 Å². The van der Waals surface area contributed by atoms with E-state index in [1.54, 1.807) is 0 Å². The van der Waals surface area contributed by atoms with E-state index in [1.165, 1.54) is 0 Å². The molecular weight excluding hydrogens is 472 g/mol. The highest BCUT2D eigenvalue weighted by Gasteiger charge is 2.56. The van der Waals surface area contributed by atoms with E-state index in [2.05, 4.69) is 4.74 Å². The maximum atomic E-state index is 12.6. The Hall–Kier alpha value is -2.45. The number of aromatic amines is 1. The van der Waals surface area contributed by atoms with Gasteiger partial charge in [0.2, 0.25) is 0 Å². The smallest absolute Gasteiger partial charge is 0.387 e. The Morgan fingerprint density at radius 3 is 2.45 bits per heavy atom. The van der Waals surface area contributed by atoms with E-state index in [0.29, 0.717) is 0 Å². The Morgan fingerprint density at radius 1 is 1.21 bits per heavy atom. The van der Waals surface area contributed by atoms with Crippen molar-refractivity contribution in [1.29, 1.82) is 5.26 Å². The van der Waals surface area contributed by atoms with Gasteiger partial charge in [-0.2, -0.15) is 31.6 Å². The highest BCUT2D eigenvalue weighted by molar-refractivity contribution is 4.94. The van der Waals surface area contributed by atoms with Gasteiger partial charge in [0.25, 0.3) is 5.56 Å². The molecule has 186 valence electrons. The van der Waals surface area contributed by atoms with Crippen LogP contribution < -0.4 is 11.2 Å². The van der Waals surface area contributed by atoms with Crippen LogP contribution in [0, 0.1) is 17.2 Å². The van der Waals surface area contributed by atoms with Crippen molar-refractivity contribution in [1.82, 2.24) is 9.55 Å². The average molecular weight is 491 g/mol. The summed E-state index contributed by atoms with van der Waals surface area (Å²) in [5, 5.41) is 19.0. The lowest BCUT2D eigenvalue weighted by Gasteiger charge is -2.24. The standard InChI is InChI=1S/C17H19F6N3O7/c18-16(19,20)10(17(21,22)23)7-31-8-32-13-12(28)9(6-30-5-1-3-24)33-14(13)26-4-2-11(27)25-15(26)29/h2,4,9-10,12-14,28H,1,5-8H2,(H,25,27,29)/t9-,12-,13-,14-/m1/s1. The van der Waals surface area contributed by atoms with Crippen molar-refractivity contribution >= 4 is 0 Å². The molecule has 1 aromatic heterocycles. The molecule has 1 saturated heterocycles. The first kappa shape index (κ1) is 26.8. The van der Waals surface area contributed by atoms with Crippen molar-refractivity contribution in [3.63, 3.8) is 0 Å². The van der Waals surface area contributed by atoms with Gasteiger partial charge in [0, 0.05) is 12.3 Å². The lowest BCUT2D eigenvalue weighted by Crippen LogP contribution is -2.41. The van der Waals surface area contributed by atoms with Gasteiger partial charge in [0.15, 0.2) is 12.1 Å². The maximum absolute atomic E-state index is 12.6. The fraction of sp³-hybridized carbons (Fsp3) is 0.706. The molecule has 33 heavy (non-hydrogen) atoms. The lowest BCUT2D eigenvalue weighted by molar-refractivity contribution is -0.299. The van der Waals surface area contributed by atoms with Crippen LogP contribution in [0.25, 0.3) is 0 Å². The second-order valence-corrected chi connectivity index (χ2v) is 6.81. The number of nitrogens with one attached hydrogen (secondary N) is 1. The van der Waals surface area contributed by atoms with Gasteiger partial charge in [0.05, 0.1) is 32.3 Å². The first-order valence-electron chi connectivity index (χ1n) is 9.28. The fourth-order valence-electron chi connectivity index (χ4n) is 2.87. The van der Waals surface area contributed by atoms with Crippen LogP contribution in [0.2, 0.25) is 0 Å². The molecule has 4 atom stereocenters. The van der Waals surface area contributed by atoms with Gasteiger partial charge < -0.3 is 24.1 Å². The molecule has 2 heterocycles. The van der Waals surface area contributed by atoms with E-state index in [-0.39, 0.29) is 19.6 Å². The van der Waals surface area contributed by atoms with Gasteiger partial charge in [-0.05, 0) is 0 Å². The second kappa shape index (κ2) is 11.1. The lowest BCUT2D eigenvalue weighted by atomic mass is 10.1. The number of aliphatic hydroxyl groups excluding tert-OH is 1. The molecule has 2 rings (SSSR count). The van der Waals surface area contributed by atoms with Gasteiger partial charge in [-0.15, -0.1) is 0 Å². The fourth-order valence-corrected chi connectivity index (χ4v) is 2.87. The Bertz CT molecular complexity index is 912. The molecule has 0 radical (unpaired) electrons. The zero-order valence-corrected chi connectivity index (χ0v) is 16.6. The molecule has 1 aliphatic heterocycles. The van der Waals surface area contributed by atoms with Crippen LogP contribution in [0.1, 0.15) is 12.6 Å². The molecule has 0 aromatic carbocycles. The largest absolute Gasteiger partial charge is 0.402 e. The molecule has 0 aliphatic carbocycles. The van der Waals surface area contributed by atoms with Crippen LogP contribution in [0.5, 0.6) is 0 Å². The van der Waals surface area contributed by atoms with Gasteiger partial charge in [-0.1, -0.05) is 0 Å². The number of nitriles is 1. The third-order valence-electron chi connectivity index (χ3n) is 4.50. The molecule has 0 saturated carbocycles. The summed E-state index contributed by atoms with van der Waals surface area (Å²) in [6, 6.07) is 2.76. The molecule has 1 fully saturated rings. The van der Waals surface area contributed by atoms with Crippen LogP contribution in [-0.4, -0.2) is 71.9 Å². The topological polar surface area (TPSA) is 136 Å². The number of nitrogens with zero attached hydrogens (tertiary/aromatic N) is 2. The zero-order valence-electron chi connectivity index (χ0n) is 16.6. The minimum Gasteiger partial charge on any atom is -0.387 e. The summed E-state index contributed by atoms with van der Waals surface area (Å²) in [5.74, 6) is -3.75. The normalized spacial score (nSPS) is 23.7. The summed E-state index contributed by atoms with van der Waals surface area (Å²) >= 11 is 0. The van der Waals surface area contributed by atoms with E-state index in [4.69, 9.17) is 19.5 Å². The first-order valence-corrected chi connectivity index (χ1v) is 9.28. The van der Waals surface area contributed by atoms with E-state index >= 15 is 0 Å². The molecular formula is C17H19F6N3O7. The molecule has 0 amide bonds. The summed E-state index contributed by atoms with van der Waals surface area (Å²) < 4.78 is 96.5. The summed E-state index contributed by atoms with van der Waals surface area (Å²) in [6.07, 6.45) is -15.8. The first-order chi connectivity index (χ1) is 15.4. The third-order valence-corrected chi connectivity index (χ3v) is 4.50. The number of halogens is 6. The molecule has 0 spiro atoms. The van der Waals surface area contributed by atoms with Crippen molar-refractivity contribution in [3.05, 3.63) is 33.1 Å². The number of aromatic nitrogens is 2. The van der Waals surface area contributed by atoms with Gasteiger partial charge in [0.1, 0.15) is 25.1 Å². The maximum Gasteiger partial charge on any atom is 0.402 e. The second-order valence-electron chi connectivity index (χ2n) is 6.81. The van der Waals surface area contributed by atoms with E-state index in [1.807, 2.05) is 11.1 Å². The number of alkyl halides is 6. The highest BCUT2D eigenvalue weighted by atomic mass is 19.4. The van der Waals surface area contributed by atoms with Gasteiger partial charge >= 0.3 is 18.0 Å². The van der Waals surface area contributed by atoms with E-state index < -0.39 is 67.5 Å². The van der Waals surface area contributed by atoms with Crippen LogP contribution in [-0.2, 0) is 18.9 Å². The Labute approximate surface area is 181 Å². The highest BCUT2D eigenvalue weighted by Crippen LogP contribution is 2.39. The van der Waals surface area contributed by atoms with Crippen LogP contribution in [0.3, 0.4) is 0 Å². The SMILES string of the molecule is N#CCCOC[C@H]1O[C@@H](n2ccc(=O)[nH]c2=O)[C@H](OCOCC(C(F)(F)F)C(F)(F)F)[C@@H]1O. The van der Waals surface area contributed by atoms with Crippen LogP contribution >= 0.6 is 0 Å². The zero-order chi connectivity index (χ0) is 24.8. The van der Waals surface area contributed by atoms with Crippen molar-refractivity contribution < 1.29 is 50.4 Å². The van der Waals surface area contributed by atoms with Gasteiger partial charge in [-0.3, -0.25) is 14.3 Å². The number of hydrogen-bond donors (Lipinski definition) is 2. The molecule has 0 bridgehead atoms. The summed E-state index contributed by atoms with van der Waals surface area (Å²) in [5.41, 5.74) is -1.73. The summed E-state index contributed by atoms with van der Waals surface area (Å²) in [7, 11) is 0. The molecule has 0 unspecified atom stereocenters. The molecule has 16 heteroatoms. The summed E-state index contributed by atoms with van der Waals surface area (Å²) in [6.45, 7) is -3.19. The molecule has 1 aromatic rings. The van der Waals surface area contributed by atoms with Crippen LogP contribution in [0.15, 0.2) is 21.9 Å². The monoisotopic (exact) mass is 491 g/mol. The Morgan fingerprint density at radius 2 is 1.88 bits per heavy atom. The molecule has 1 aliphatic rings. The minimum absolute atomic E-state index is 0.0166. The number of H-pyrrole nitrogens is 1. The van der Waals surface area contributed by atoms with E-state index in [0.717, 1.165) is 16.8 Å². The third kappa shape index (κ3) is 7.27. The van der Waals surface area contributed by atoms with Gasteiger partial charge in [-0.25, -0.2) is 4.79 Å². The predicted molar refractivity (Wildman–Crippen MR) is 93.6 cm³/mol. The number of aliphatic hydroxyl groups is 1. The predicted octanol–water partition coefficient (Wildman–Crippen LogP) is 0.825. The minimum atomic E-state index is -5.61. The van der Waals surface area contributed by atoms with Crippen molar-refractivity contribution in [3.8, 4) is 6.07 Å².